The largest absolute Gasteiger partial charge is 0.480 e. The zero-order chi connectivity index (χ0) is 13.8. The summed E-state index contributed by atoms with van der Waals surface area (Å²) >= 11 is 5.79. The highest BCUT2D eigenvalue weighted by atomic mass is 35.5. The lowest BCUT2D eigenvalue weighted by atomic mass is 10.1. The number of benzene rings is 1. The number of hydrogen-bond donors (Lipinski definition) is 1. The molecule has 1 amide bonds. The molecular formula is C13H14ClNO4. The molecule has 1 aliphatic heterocycles. The van der Waals surface area contributed by atoms with Gasteiger partial charge in [-0.2, -0.15) is 0 Å². The first-order valence-corrected chi connectivity index (χ1v) is 6.32. The normalized spacial score (nSPS) is 18.3. The van der Waals surface area contributed by atoms with Crippen molar-refractivity contribution in [3.05, 3.63) is 29.3 Å². The minimum absolute atomic E-state index is 0.220. The summed E-state index contributed by atoms with van der Waals surface area (Å²) in [7, 11) is 0. The summed E-state index contributed by atoms with van der Waals surface area (Å²) in [6.45, 7) is 0.525. The second kappa shape index (κ2) is 6.04. The lowest BCUT2D eigenvalue weighted by Crippen LogP contribution is -2.40. The Kier molecular flexibility index (Phi) is 4.39. The number of carboxylic acid groups (broad SMARTS) is 1. The molecule has 0 saturated carbocycles. The van der Waals surface area contributed by atoms with Crippen LogP contribution in [-0.4, -0.2) is 36.7 Å². The van der Waals surface area contributed by atoms with Gasteiger partial charge in [-0.15, -0.1) is 0 Å². The van der Waals surface area contributed by atoms with Crippen molar-refractivity contribution in [1.29, 1.82) is 0 Å². The summed E-state index contributed by atoms with van der Waals surface area (Å²) in [5.41, 5.74) is 0.531. The van der Waals surface area contributed by atoms with Gasteiger partial charge in [-0.3, -0.25) is 9.59 Å². The van der Waals surface area contributed by atoms with Crippen molar-refractivity contribution in [2.75, 3.05) is 24.7 Å². The molecule has 6 heteroatoms. The zero-order valence-corrected chi connectivity index (χ0v) is 11.0. The lowest BCUT2D eigenvalue weighted by Gasteiger charge is -2.23. The van der Waals surface area contributed by atoms with Crippen LogP contribution >= 0.6 is 11.6 Å². The van der Waals surface area contributed by atoms with Gasteiger partial charge in [-0.1, -0.05) is 11.6 Å². The Hall–Kier alpha value is -1.59. The van der Waals surface area contributed by atoms with Crippen molar-refractivity contribution >= 4 is 29.2 Å². The Bertz CT molecular complexity index is 468. The van der Waals surface area contributed by atoms with E-state index in [1.807, 2.05) is 0 Å². The van der Waals surface area contributed by atoms with Gasteiger partial charge in [0.2, 0.25) is 5.91 Å². The van der Waals surface area contributed by atoms with Crippen molar-refractivity contribution in [1.82, 2.24) is 0 Å². The van der Waals surface area contributed by atoms with Gasteiger partial charge in [0.15, 0.2) is 0 Å². The third-order valence-corrected chi connectivity index (χ3v) is 3.23. The average Bonchev–Trinajstić information content (AvgIpc) is 2.90. The number of anilines is 1. The summed E-state index contributed by atoms with van der Waals surface area (Å²) in [4.78, 5) is 24.5. The highest BCUT2D eigenvalue weighted by Crippen LogP contribution is 2.22. The van der Waals surface area contributed by atoms with E-state index in [0.717, 1.165) is 0 Å². The Morgan fingerprint density at radius 1 is 1.37 bits per heavy atom. The fourth-order valence-electron chi connectivity index (χ4n) is 2.00. The Morgan fingerprint density at radius 2 is 2.05 bits per heavy atom. The molecule has 1 atom stereocenters. The van der Waals surface area contributed by atoms with Crippen molar-refractivity contribution < 1.29 is 19.4 Å². The number of rotatable bonds is 4. The Labute approximate surface area is 115 Å². The molecule has 1 heterocycles. The molecule has 1 fully saturated rings. The van der Waals surface area contributed by atoms with Crippen LogP contribution in [0.3, 0.4) is 0 Å². The van der Waals surface area contributed by atoms with E-state index < -0.39 is 5.97 Å². The summed E-state index contributed by atoms with van der Waals surface area (Å²) in [5, 5.41) is 9.48. The van der Waals surface area contributed by atoms with Crippen molar-refractivity contribution in [3.63, 3.8) is 0 Å². The van der Waals surface area contributed by atoms with Gasteiger partial charge < -0.3 is 14.7 Å². The minimum atomic E-state index is -1.05. The number of carbonyl (C=O) groups excluding carboxylic acids is 1. The smallest absolute Gasteiger partial charge is 0.323 e. The third-order valence-electron chi connectivity index (χ3n) is 2.98. The number of carbonyl (C=O) groups is 2. The SMILES string of the molecule is O=C(O)CN(C(=O)C1CCOC1)c1ccc(Cl)cc1. The first kappa shape index (κ1) is 13.8. The second-order valence-corrected chi connectivity index (χ2v) is 4.79. The van der Waals surface area contributed by atoms with Crippen LogP contribution in [-0.2, 0) is 14.3 Å². The van der Waals surface area contributed by atoms with Crippen LogP contribution in [0.4, 0.5) is 5.69 Å². The maximum absolute atomic E-state index is 12.3. The zero-order valence-electron chi connectivity index (χ0n) is 10.2. The van der Waals surface area contributed by atoms with E-state index >= 15 is 0 Å². The molecule has 102 valence electrons. The van der Waals surface area contributed by atoms with Gasteiger partial charge in [0, 0.05) is 17.3 Å². The molecule has 1 unspecified atom stereocenters. The molecule has 1 N–H and O–H groups in total. The van der Waals surface area contributed by atoms with Gasteiger partial charge in [-0.25, -0.2) is 0 Å². The van der Waals surface area contributed by atoms with Gasteiger partial charge in [-0.05, 0) is 30.7 Å². The molecule has 1 aliphatic rings. The van der Waals surface area contributed by atoms with E-state index in [9.17, 15) is 9.59 Å². The van der Waals surface area contributed by atoms with Crippen LogP contribution in [0.1, 0.15) is 6.42 Å². The monoisotopic (exact) mass is 283 g/mol. The van der Waals surface area contributed by atoms with Gasteiger partial charge in [0.05, 0.1) is 12.5 Å². The highest BCUT2D eigenvalue weighted by molar-refractivity contribution is 6.30. The summed E-state index contributed by atoms with van der Waals surface area (Å²) in [5.74, 6) is -1.54. The molecule has 0 radical (unpaired) electrons. The van der Waals surface area contributed by atoms with Crippen molar-refractivity contribution in [3.8, 4) is 0 Å². The highest BCUT2D eigenvalue weighted by Gasteiger charge is 2.29. The average molecular weight is 284 g/mol. The molecule has 1 aromatic carbocycles. The minimum Gasteiger partial charge on any atom is -0.480 e. The van der Waals surface area contributed by atoms with Crippen LogP contribution in [0.2, 0.25) is 5.02 Å². The van der Waals surface area contributed by atoms with Gasteiger partial charge in [0.1, 0.15) is 6.54 Å². The van der Waals surface area contributed by atoms with E-state index in [2.05, 4.69) is 0 Å². The number of amides is 1. The first-order valence-electron chi connectivity index (χ1n) is 5.94. The molecule has 2 rings (SSSR count). The molecule has 19 heavy (non-hydrogen) atoms. The predicted molar refractivity (Wildman–Crippen MR) is 70.4 cm³/mol. The number of hydrogen-bond acceptors (Lipinski definition) is 3. The van der Waals surface area contributed by atoms with Crippen molar-refractivity contribution in [2.24, 2.45) is 5.92 Å². The lowest BCUT2D eigenvalue weighted by molar-refractivity contribution is -0.137. The second-order valence-electron chi connectivity index (χ2n) is 4.36. The van der Waals surface area contributed by atoms with Crippen LogP contribution in [0.15, 0.2) is 24.3 Å². The molecule has 1 aromatic rings. The standard InChI is InChI=1S/C13H14ClNO4/c14-10-1-3-11(4-2-10)15(7-12(16)17)13(18)9-5-6-19-8-9/h1-4,9H,5-8H2,(H,16,17). The molecule has 0 spiro atoms. The fraction of sp³-hybridized carbons (Fsp3) is 0.385. The van der Waals surface area contributed by atoms with E-state index in [1.54, 1.807) is 24.3 Å². The number of carboxylic acids is 1. The van der Waals surface area contributed by atoms with Gasteiger partial charge >= 0.3 is 5.97 Å². The van der Waals surface area contributed by atoms with Crippen molar-refractivity contribution in [2.45, 2.75) is 6.42 Å². The summed E-state index contributed by atoms with van der Waals surface area (Å²) < 4.78 is 5.17. The van der Waals surface area contributed by atoms with E-state index in [4.69, 9.17) is 21.4 Å². The Morgan fingerprint density at radius 3 is 2.58 bits per heavy atom. The van der Waals surface area contributed by atoms with E-state index in [-0.39, 0.29) is 18.4 Å². The maximum atomic E-state index is 12.3. The Balaban J connectivity index is 2.21. The molecule has 0 aliphatic carbocycles. The number of ether oxygens (including phenoxy) is 1. The van der Waals surface area contributed by atoms with Crippen LogP contribution in [0.5, 0.6) is 0 Å². The summed E-state index contributed by atoms with van der Waals surface area (Å²) in [6, 6.07) is 6.53. The van der Waals surface area contributed by atoms with Crippen LogP contribution in [0, 0.1) is 5.92 Å². The van der Waals surface area contributed by atoms with E-state index in [1.165, 1.54) is 4.90 Å². The molecule has 1 saturated heterocycles. The van der Waals surface area contributed by atoms with Gasteiger partial charge in [0.25, 0.3) is 0 Å². The number of aliphatic carboxylic acids is 1. The molecular weight excluding hydrogens is 270 g/mol. The topological polar surface area (TPSA) is 66.8 Å². The van der Waals surface area contributed by atoms with Crippen LogP contribution in [0.25, 0.3) is 0 Å². The number of halogens is 1. The third kappa shape index (κ3) is 3.45. The quantitative estimate of drug-likeness (QED) is 0.915. The van der Waals surface area contributed by atoms with E-state index in [0.29, 0.717) is 30.3 Å². The molecule has 0 bridgehead atoms. The summed E-state index contributed by atoms with van der Waals surface area (Å²) in [6.07, 6.45) is 0.628. The number of nitrogens with zero attached hydrogens (tertiary/aromatic N) is 1. The predicted octanol–water partition coefficient (Wildman–Crippen LogP) is 1.79. The maximum Gasteiger partial charge on any atom is 0.323 e. The fourth-order valence-corrected chi connectivity index (χ4v) is 2.13. The van der Waals surface area contributed by atoms with Crippen LogP contribution < -0.4 is 4.90 Å². The molecule has 5 nitrogen and oxygen atoms in total. The molecule has 0 aromatic heterocycles. The first-order chi connectivity index (χ1) is 9.08.